The zero-order chi connectivity index (χ0) is 14.5. The lowest BCUT2D eigenvalue weighted by atomic mass is 10.0. The van der Waals surface area contributed by atoms with E-state index in [2.05, 4.69) is 0 Å². The van der Waals surface area contributed by atoms with Gasteiger partial charge < -0.3 is 4.74 Å². The molecule has 0 spiro atoms. The first-order chi connectivity index (χ1) is 9.61. The Labute approximate surface area is 122 Å². The number of para-hydroxylation sites is 1. The number of hydrogen-bond donors (Lipinski definition) is 0. The Morgan fingerprint density at radius 2 is 2.00 bits per heavy atom. The van der Waals surface area contributed by atoms with Crippen molar-refractivity contribution in [1.29, 1.82) is 0 Å². The van der Waals surface area contributed by atoms with E-state index in [9.17, 15) is 9.18 Å². The van der Waals surface area contributed by atoms with Gasteiger partial charge in [0.2, 0.25) is 0 Å². The van der Waals surface area contributed by atoms with Crippen LogP contribution in [0.2, 0.25) is 5.02 Å². The largest absolute Gasteiger partial charge is 0.493 e. The fourth-order valence-corrected chi connectivity index (χ4v) is 2.11. The van der Waals surface area contributed by atoms with Crippen LogP contribution in [0.5, 0.6) is 5.75 Å². The summed E-state index contributed by atoms with van der Waals surface area (Å²) in [7, 11) is 0. The zero-order valence-corrected chi connectivity index (χ0v) is 11.8. The fourth-order valence-electron chi connectivity index (χ4n) is 1.93. The number of halogens is 2. The van der Waals surface area contributed by atoms with E-state index in [1.807, 2.05) is 6.92 Å². The molecule has 0 saturated heterocycles. The number of ether oxygens (including phenoxy) is 1. The number of Topliss-reactive ketones (excluding diaryl/α,β-unsaturated/α-hetero) is 1. The monoisotopic (exact) mass is 292 g/mol. The van der Waals surface area contributed by atoms with Gasteiger partial charge in [-0.15, -0.1) is 0 Å². The molecule has 0 atom stereocenters. The Morgan fingerprint density at radius 3 is 2.75 bits per heavy atom. The van der Waals surface area contributed by atoms with Gasteiger partial charge in [-0.05, 0) is 42.8 Å². The Morgan fingerprint density at radius 1 is 1.25 bits per heavy atom. The molecule has 2 nitrogen and oxygen atoms in total. The van der Waals surface area contributed by atoms with E-state index >= 15 is 0 Å². The first-order valence-electron chi connectivity index (χ1n) is 6.30. The molecule has 0 bridgehead atoms. The van der Waals surface area contributed by atoms with Crippen LogP contribution in [0.1, 0.15) is 22.8 Å². The molecule has 0 unspecified atom stereocenters. The molecule has 2 aromatic rings. The predicted molar refractivity (Wildman–Crippen MR) is 77.1 cm³/mol. The number of carbonyl (C=O) groups is 1. The topological polar surface area (TPSA) is 26.3 Å². The van der Waals surface area contributed by atoms with Crippen molar-refractivity contribution in [2.45, 2.75) is 13.3 Å². The molecule has 0 amide bonds. The summed E-state index contributed by atoms with van der Waals surface area (Å²) in [5.74, 6) is -0.0237. The van der Waals surface area contributed by atoms with Crippen molar-refractivity contribution < 1.29 is 13.9 Å². The smallest absolute Gasteiger partial charge is 0.171 e. The summed E-state index contributed by atoms with van der Waals surface area (Å²) < 4.78 is 18.6. The van der Waals surface area contributed by atoms with Crippen molar-refractivity contribution >= 4 is 17.4 Å². The van der Waals surface area contributed by atoms with E-state index in [0.29, 0.717) is 28.5 Å². The summed E-state index contributed by atoms with van der Waals surface area (Å²) >= 11 is 5.98. The first-order valence-corrected chi connectivity index (χ1v) is 6.68. The van der Waals surface area contributed by atoms with E-state index in [1.165, 1.54) is 18.2 Å². The van der Waals surface area contributed by atoms with Gasteiger partial charge in [-0.25, -0.2) is 4.39 Å². The minimum atomic E-state index is -0.407. The van der Waals surface area contributed by atoms with Gasteiger partial charge >= 0.3 is 0 Å². The minimum Gasteiger partial charge on any atom is -0.493 e. The highest BCUT2D eigenvalue weighted by Gasteiger charge is 2.14. The van der Waals surface area contributed by atoms with E-state index in [1.54, 1.807) is 24.3 Å². The van der Waals surface area contributed by atoms with Crippen molar-refractivity contribution in [3.63, 3.8) is 0 Å². The van der Waals surface area contributed by atoms with Gasteiger partial charge in [-0.1, -0.05) is 23.7 Å². The van der Waals surface area contributed by atoms with Crippen LogP contribution in [-0.2, 0) is 6.42 Å². The van der Waals surface area contributed by atoms with Crippen molar-refractivity contribution in [3.05, 3.63) is 64.4 Å². The second-order valence-electron chi connectivity index (χ2n) is 4.26. The Hall–Kier alpha value is -1.87. The molecule has 4 heteroatoms. The van der Waals surface area contributed by atoms with Gasteiger partial charge in [0.05, 0.1) is 12.2 Å². The molecule has 104 valence electrons. The second kappa shape index (κ2) is 6.53. The molecule has 0 N–H and O–H groups in total. The molecule has 0 saturated carbocycles. The summed E-state index contributed by atoms with van der Waals surface area (Å²) in [5, 5.41) is 0.383. The van der Waals surface area contributed by atoms with Crippen molar-refractivity contribution in [2.24, 2.45) is 0 Å². The predicted octanol–water partition coefficient (Wildman–Crippen LogP) is 4.30. The van der Waals surface area contributed by atoms with E-state index in [-0.39, 0.29) is 12.2 Å². The molecule has 0 radical (unpaired) electrons. The zero-order valence-electron chi connectivity index (χ0n) is 11.0. The lowest BCUT2D eigenvalue weighted by Crippen LogP contribution is -2.07. The number of rotatable bonds is 5. The van der Waals surface area contributed by atoms with Gasteiger partial charge in [-0.3, -0.25) is 4.79 Å². The van der Waals surface area contributed by atoms with Crippen LogP contribution in [0.3, 0.4) is 0 Å². The maximum atomic E-state index is 13.2. The molecular formula is C16H14ClFO2. The van der Waals surface area contributed by atoms with Crippen LogP contribution in [-0.4, -0.2) is 12.4 Å². The fraction of sp³-hybridized carbons (Fsp3) is 0.188. The maximum Gasteiger partial charge on any atom is 0.171 e. The Kier molecular flexibility index (Phi) is 4.74. The van der Waals surface area contributed by atoms with Gasteiger partial charge in [0.15, 0.2) is 5.78 Å². The third kappa shape index (κ3) is 3.36. The lowest BCUT2D eigenvalue weighted by Gasteiger charge is -2.09. The van der Waals surface area contributed by atoms with Crippen LogP contribution in [0.4, 0.5) is 4.39 Å². The maximum absolute atomic E-state index is 13.2. The normalized spacial score (nSPS) is 10.3. The van der Waals surface area contributed by atoms with Crippen LogP contribution < -0.4 is 4.74 Å². The molecule has 20 heavy (non-hydrogen) atoms. The number of ketones is 1. The molecule has 0 heterocycles. The molecule has 2 rings (SSSR count). The first kappa shape index (κ1) is 14.5. The summed E-state index contributed by atoms with van der Waals surface area (Å²) in [6, 6.07) is 11.0. The average molecular weight is 293 g/mol. The minimum absolute atomic E-state index is 0.0423. The highest BCUT2D eigenvalue weighted by atomic mass is 35.5. The quantitative estimate of drug-likeness (QED) is 0.768. The van der Waals surface area contributed by atoms with Crippen molar-refractivity contribution in [1.82, 2.24) is 0 Å². The average Bonchev–Trinajstić information content (AvgIpc) is 2.44. The lowest BCUT2D eigenvalue weighted by molar-refractivity contribution is 0.0989. The van der Waals surface area contributed by atoms with Gasteiger partial charge in [0.1, 0.15) is 11.6 Å². The molecule has 0 fully saturated rings. The third-order valence-corrected chi connectivity index (χ3v) is 3.21. The Balaban J connectivity index is 2.26. The molecule has 0 aliphatic carbocycles. The highest BCUT2D eigenvalue weighted by molar-refractivity contribution is 6.31. The second-order valence-corrected chi connectivity index (χ2v) is 4.67. The van der Waals surface area contributed by atoms with Crippen LogP contribution in [0.25, 0.3) is 0 Å². The van der Waals surface area contributed by atoms with E-state index in [4.69, 9.17) is 16.3 Å². The van der Waals surface area contributed by atoms with Gasteiger partial charge in [-0.2, -0.15) is 0 Å². The van der Waals surface area contributed by atoms with Gasteiger partial charge in [0, 0.05) is 11.4 Å². The summed E-state index contributed by atoms with van der Waals surface area (Å²) in [6.07, 6.45) is 0.0423. The SMILES string of the molecule is CCOc1ccccc1C(=O)Cc1cc(F)ccc1Cl. The van der Waals surface area contributed by atoms with E-state index in [0.717, 1.165) is 0 Å². The van der Waals surface area contributed by atoms with E-state index < -0.39 is 5.82 Å². The van der Waals surface area contributed by atoms with Crippen LogP contribution in [0, 0.1) is 5.82 Å². The summed E-state index contributed by atoms with van der Waals surface area (Å²) in [5.41, 5.74) is 0.956. The molecule has 0 aliphatic heterocycles. The molecule has 2 aromatic carbocycles. The highest BCUT2D eigenvalue weighted by Crippen LogP contribution is 2.23. The summed E-state index contributed by atoms with van der Waals surface area (Å²) in [4.78, 5) is 12.3. The number of carbonyl (C=O) groups excluding carboxylic acids is 1. The molecular weight excluding hydrogens is 279 g/mol. The van der Waals surface area contributed by atoms with Gasteiger partial charge in [0.25, 0.3) is 0 Å². The molecule has 0 aliphatic rings. The summed E-state index contributed by atoms with van der Waals surface area (Å²) in [6.45, 7) is 2.33. The van der Waals surface area contributed by atoms with Crippen molar-refractivity contribution in [2.75, 3.05) is 6.61 Å². The standard InChI is InChI=1S/C16H14ClFO2/c1-2-20-16-6-4-3-5-13(16)15(19)10-11-9-12(18)7-8-14(11)17/h3-9H,2,10H2,1H3. The van der Waals surface area contributed by atoms with Crippen LogP contribution in [0.15, 0.2) is 42.5 Å². The number of benzene rings is 2. The Bertz CT molecular complexity index is 626. The van der Waals surface area contributed by atoms with Crippen molar-refractivity contribution in [3.8, 4) is 5.75 Å². The molecule has 0 aromatic heterocycles. The van der Waals surface area contributed by atoms with Crippen LogP contribution >= 0.6 is 11.6 Å². The number of hydrogen-bond acceptors (Lipinski definition) is 2. The third-order valence-electron chi connectivity index (χ3n) is 2.85.